The first-order valence-electron chi connectivity index (χ1n) is 7.08. The van der Waals surface area contributed by atoms with E-state index in [1.807, 2.05) is 60.7 Å². The second-order valence-corrected chi connectivity index (χ2v) is 4.81. The molecule has 2 aromatic rings. The molecule has 2 aromatic carbocycles. The fourth-order valence-corrected chi connectivity index (χ4v) is 2.01. The molecular weight excluding hydrogens is 262 g/mol. The van der Waals surface area contributed by atoms with Crippen molar-refractivity contribution in [2.75, 3.05) is 18.5 Å². The summed E-state index contributed by atoms with van der Waals surface area (Å²) in [5, 5.41) is 13.2. The molecule has 0 spiro atoms. The Bertz CT molecular complexity index is 554. The highest BCUT2D eigenvalue weighted by molar-refractivity contribution is 5.42. The number of rotatable bonds is 8. The van der Waals surface area contributed by atoms with E-state index in [1.165, 1.54) is 0 Å². The van der Waals surface area contributed by atoms with Crippen LogP contribution >= 0.6 is 0 Å². The minimum absolute atomic E-state index is 0.258. The molecule has 0 saturated heterocycles. The summed E-state index contributed by atoms with van der Waals surface area (Å²) < 4.78 is 5.70. The Balaban J connectivity index is 1.81. The molecule has 0 aliphatic heterocycles. The first-order valence-corrected chi connectivity index (χ1v) is 7.08. The summed E-state index contributed by atoms with van der Waals surface area (Å²) in [5.74, 6) is 0.802. The van der Waals surface area contributed by atoms with Crippen LogP contribution in [-0.2, 0) is 6.42 Å². The molecule has 0 aromatic heterocycles. The predicted molar refractivity (Wildman–Crippen MR) is 86.8 cm³/mol. The summed E-state index contributed by atoms with van der Waals surface area (Å²) in [5.41, 5.74) is 2.07. The Kier molecular flexibility index (Phi) is 5.85. The van der Waals surface area contributed by atoms with Crippen LogP contribution in [0.1, 0.15) is 5.56 Å². The average molecular weight is 283 g/mol. The first kappa shape index (κ1) is 15.1. The molecule has 110 valence electrons. The third kappa shape index (κ3) is 4.97. The van der Waals surface area contributed by atoms with Gasteiger partial charge in [0.2, 0.25) is 0 Å². The highest BCUT2D eigenvalue weighted by atomic mass is 16.5. The SMILES string of the molecule is C=CCc1ccccc1OCC(O)CNc1ccccc1. The van der Waals surface area contributed by atoms with Gasteiger partial charge in [0.15, 0.2) is 0 Å². The third-order valence-electron chi connectivity index (χ3n) is 3.08. The number of ether oxygens (including phenoxy) is 1. The maximum absolute atomic E-state index is 9.98. The number of hydrogen-bond acceptors (Lipinski definition) is 3. The van der Waals surface area contributed by atoms with E-state index in [1.54, 1.807) is 0 Å². The lowest BCUT2D eigenvalue weighted by molar-refractivity contribution is 0.117. The van der Waals surface area contributed by atoms with Gasteiger partial charge < -0.3 is 15.2 Å². The van der Waals surface area contributed by atoms with E-state index in [-0.39, 0.29) is 6.61 Å². The van der Waals surface area contributed by atoms with E-state index >= 15 is 0 Å². The number of nitrogens with one attached hydrogen (secondary N) is 1. The van der Waals surface area contributed by atoms with Crippen molar-refractivity contribution in [2.24, 2.45) is 0 Å². The zero-order chi connectivity index (χ0) is 14.9. The number of hydrogen-bond donors (Lipinski definition) is 2. The first-order chi connectivity index (χ1) is 10.3. The molecular formula is C18H21NO2. The second-order valence-electron chi connectivity index (χ2n) is 4.81. The van der Waals surface area contributed by atoms with Gasteiger partial charge in [0, 0.05) is 12.2 Å². The largest absolute Gasteiger partial charge is 0.491 e. The molecule has 2 N–H and O–H groups in total. The molecule has 0 aliphatic carbocycles. The third-order valence-corrected chi connectivity index (χ3v) is 3.08. The van der Waals surface area contributed by atoms with Crippen molar-refractivity contribution in [1.29, 1.82) is 0 Å². The highest BCUT2D eigenvalue weighted by Crippen LogP contribution is 2.19. The molecule has 1 atom stereocenters. The lowest BCUT2D eigenvalue weighted by Gasteiger charge is -2.15. The molecule has 0 saturated carbocycles. The van der Waals surface area contributed by atoms with Crippen molar-refractivity contribution in [1.82, 2.24) is 0 Å². The summed E-state index contributed by atoms with van der Waals surface area (Å²) in [6, 6.07) is 17.6. The molecule has 3 nitrogen and oxygen atoms in total. The standard InChI is InChI=1S/C18H21NO2/c1-2-8-15-9-6-7-12-18(15)21-14-17(20)13-19-16-10-4-3-5-11-16/h2-7,9-12,17,19-20H,1,8,13-14H2. The molecule has 0 radical (unpaired) electrons. The van der Waals surface area contributed by atoms with Crippen molar-refractivity contribution < 1.29 is 9.84 Å². The highest BCUT2D eigenvalue weighted by Gasteiger charge is 2.07. The number of anilines is 1. The van der Waals surface area contributed by atoms with Crippen LogP contribution in [0.2, 0.25) is 0 Å². The zero-order valence-corrected chi connectivity index (χ0v) is 12.0. The van der Waals surface area contributed by atoms with Gasteiger partial charge in [-0.2, -0.15) is 0 Å². The summed E-state index contributed by atoms with van der Waals surface area (Å²) in [4.78, 5) is 0. The van der Waals surface area contributed by atoms with E-state index < -0.39 is 6.10 Å². The molecule has 2 rings (SSSR count). The zero-order valence-electron chi connectivity index (χ0n) is 12.0. The maximum atomic E-state index is 9.98. The quantitative estimate of drug-likeness (QED) is 0.731. The fourth-order valence-electron chi connectivity index (χ4n) is 2.01. The van der Waals surface area contributed by atoms with Gasteiger partial charge in [0.25, 0.3) is 0 Å². The molecule has 21 heavy (non-hydrogen) atoms. The van der Waals surface area contributed by atoms with Crippen molar-refractivity contribution in [3.63, 3.8) is 0 Å². The van der Waals surface area contributed by atoms with E-state index in [9.17, 15) is 5.11 Å². The summed E-state index contributed by atoms with van der Waals surface area (Å²) >= 11 is 0. The molecule has 0 aliphatic rings. The Morgan fingerprint density at radius 2 is 1.81 bits per heavy atom. The number of aliphatic hydroxyl groups excluding tert-OH is 1. The van der Waals surface area contributed by atoms with Crippen LogP contribution in [0.5, 0.6) is 5.75 Å². The van der Waals surface area contributed by atoms with Gasteiger partial charge in [0.1, 0.15) is 18.5 Å². The molecule has 0 heterocycles. The van der Waals surface area contributed by atoms with Crippen LogP contribution in [-0.4, -0.2) is 24.4 Å². The monoisotopic (exact) mass is 283 g/mol. The van der Waals surface area contributed by atoms with Crippen LogP contribution in [0.15, 0.2) is 67.3 Å². The van der Waals surface area contributed by atoms with E-state index in [4.69, 9.17) is 4.74 Å². The number of benzene rings is 2. The van der Waals surface area contributed by atoms with Crippen molar-refractivity contribution in [3.8, 4) is 5.75 Å². The number of aliphatic hydroxyl groups is 1. The van der Waals surface area contributed by atoms with Crippen LogP contribution in [0.25, 0.3) is 0 Å². The molecule has 0 amide bonds. The molecule has 3 heteroatoms. The lowest BCUT2D eigenvalue weighted by Crippen LogP contribution is -2.26. The normalized spacial score (nSPS) is 11.7. The minimum atomic E-state index is -0.568. The fraction of sp³-hybridized carbons (Fsp3) is 0.222. The molecule has 1 unspecified atom stereocenters. The average Bonchev–Trinajstić information content (AvgIpc) is 2.53. The van der Waals surface area contributed by atoms with E-state index in [2.05, 4.69) is 11.9 Å². The molecule has 0 fully saturated rings. The molecule has 0 bridgehead atoms. The van der Waals surface area contributed by atoms with E-state index in [0.717, 1.165) is 23.4 Å². The summed E-state index contributed by atoms with van der Waals surface area (Å²) in [7, 11) is 0. The van der Waals surface area contributed by atoms with Gasteiger partial charge >= 0.3 is 0 Å². The van der Waals surface area contributed by atoms with Crippen LogP contribution < -0.4 is 10.1 Å². The van der Waals surface area contributed by atoms with Crippen molar-refractivity contribution >= 4 is 5.69 Å². The van der Waals surface area contributed by atoms with Crippen LogP contribution in [0, 0.1) is 0 Å². The maximum Gasteiger partial charge on any atom is 0.122 e. The van der Waals surface area contributed by atoms with E-state index in [0.29, 0.717) is 6.54 Å². The van der Waals surface area contributed by atoms with Crippen LogP contribution in [0.3, 0.4) is 0 Å². The van der Waals surface area contributed by atoms with Gasteiger partial charge in [-0.05, 0) is 30.2 Å². The van der Waals surface area contributed by atoms with Gasteiger partial charge in [-0.3, -0.25) is 0 Å². The van der Waals surface area contributed by atoms with Gasteiger partial charge in [0.05, 0.1) is 0 Å². The minimum Gasteiger partial charge on any atom is -0.491 e. The van der Waals surface area contributed by atoms with Gasteiger partial charge in [-0.1, -0.05) is 42.5 Å². The second kappa shape index (κ2) is 8.12. The Hall–Kier alpha value is -2.26. The van der Waals surface area contributed by atoms with Crippen molar-refractivity contribution in [3.05, 3.63) is 72.8 Å². The summed E-state index contributed by atoms with van der Waals surface area (Å²) in [6.07, 6.45) is 2.03. The predicted octanol–water partition coefficient (Wildman–Crippen LogP) is 3.27. The van der Waals surface area contributed by atoms with Gasteiger partial charge in [-0.15, -0.1) is 6.58 Å². The Labute approximate surface area is 125 Å². The van der Waals surface area contributed by atoms with Crippen molar-refractivity contribution in [2.45, 2.75) is 12.5 Å². The number of para-hydroxylation sites is 2. The number of allylic oxidation sites excluding steroid dienone is 1. The Morgan fingerprint density at radius 1 is 1.10 bits per heavy atom. The van der Waals surface area contributed by atoms with Crippen LogP contribution in [0.4, 0.5) is 5.69 Å². The van der Waals surface area contributed by atoms with Gasteiger partial charge in [-0.25, -0.2) is 0 Å². The Morgan fingerprint density at radius 3 is 2.57 bits per heavy atom. The topological polar surface area (TPSA) is 41.5 Å². The summed E-state index contributed by atoms with van der Waals surface area (Å²) in [6.45, 7) is 4.45. The smallest absolute Gasteiger partial charge is 0.122 e. The lowest BCUT2D eigenvalue weighted by atomic mass is 10.1.